The van der Waals surface area contributed by atoms with Gasteiger partial charge in [-0.05, 0) is 42.2 Å². The maximum atomic E-state index is 12.8. The minimum atomic E-state index is -3.47. The fraction of sp³-hybridized carbons (Fsp3) is 0.294. The molecule has 1 heterocycles. The van der Waals surface area contributed by atoms with E-state index in [2.05, 4.69) is 6.07 Å². The summed E-state index contributed by atoms with van der Waals surface area (Å²) in [5.74, 6) is 0.449. The van der Waals surface area contributed by atoms with Crippen LogP contribution in [0.2, 0.25) is 0 Å². The van der Waals surface area contributed by atoms with Gasteiger partial charge in [0.25, 0.3) is 10.0 Å². The lowest BCUT2D eigenvalue weighted by Crippen LogP contribution is -2.29. The van der Waals surface area contributed by atoms with Crippen LogP contribution >= 0.6 is 0 Å². The van der Waals surface area contributed by atoms with E-state index in [9.17, 15) is 8.42 Å². The standard InChI is InChI=1S/C17H18N2O2S/c18-16-11-15(16)12-6-7-17-13(10-12)8-9-19(17)22(20,21)14-4-2-1-3-5-14/h1-7,10,15-16H,8-9,11,18H2. The molecule has 22 heavy (non-hydrogen) atoms. The smallest absolute Gasteiger partial charge is 0.264 e. The van der Waals surface area contributed by atoms with Crippen molar-refractivity contribution in [3.05, 3.63) is 59.7 Å². The van der Waals surface area contributed by atoms with Gasteiger partial charge >= 0.3 is 0 Å². The van der Waals surface area contributed by atoms with Gasteiger partial charge in [0.05, 0.1) is 10.6 Å². The van der Waals surface area contributed by atoms with Crippen LogP contribution in [0, 0.1) is 0 Å². The van der Waals surface area contributed by atoms with Crippen molar-refractivity contribution in [2.45, 2.75) is 29.7 Å². The number of sulfonamides is 1. The highest BCUT2D eigenvalue weighted by Crippen LogP contribution is 2.42. The van der Waals surface area contributed by atoms with E-state index in [0.29, 0.717) is 17.4 Å². The number of rotatable bonds is 3. The molecule has 4 rings (SSSR count). The molecule has 0 aromatic heterocycles. The van der Waals surface area contributed by atoms with Gasteiger partial charge in [0.1, 0.15) is 0 Å². The van der Waals surface area contributed by atoms with Gasteiger partial charge in [0, 0.05) is 18.5 Å². The Labute approximate surface area is 130 Å². The first kappa shape index (κ1) is 13.8. The number of nitrogens with two attached hydrogens (primary N) is 1. The first-order valence-electron chi connectivity index (χ1n) is 7.53. The average Bonchev–Trinajstić information content (AvgIpc) is 3.11. The van der Waals surface area contributed by atoms with Gasteiger partial charge in [-0.15, -0.1) is 0 Å². The van der Waals surface area contributed by atoms with Crippen molar-refractivity contribution in [1.82, 2.24) is 0 Å². The third-order valence-electron chi connectivity index (χ3n) is 4.56. The number of benzene rings is 2. The molecule has 0 bridgehead atoms. The summed E-state index contributed by atoms with van der Waals surface area (Å²) < 4.78 is 27.1. The number of nitrogens with zero attached hydrogens (tertiary/aromatic N) is 1. The zero-order chi connectivity index (χ0) is 15.3. The van der Waals surface area contributed by atoms with E-state index in [-0.39, 0.29) is 6.04 Å². The Morgan fingerprint density at radius 2 is 1.82 bits per heavy atom. The maximum absolute atomic E-state index is 12.8. The Morgan fingerprint density at radius 3 is 2.50 bits per heavy atom. The number of anilines is 1. The number of hydrogen-bond acceptors (Lipinski definition) is 3. The normalized spacial score (nSPS) is 23.4. The van der Waals surface area contributed by atoms with Crippen LogP contribution in [0.4, 0.5) is 5.69 Å². The van der Waals surface area contributed by atoms with E-state index in [4.69, 9.17) is 5.73 Å². The number of fused-ring (bicyclic) bond motifs is 1. The molecule has 0 spiro atoms. The van der Waals surface area contributed by atoms with Crippen LogP contribution in [0.1, 0.15) is 23.5 Å². The van der Waals surface area contributed by atoms with Gasteiger partial charge in [-0.25, -0.2) is 8.42 Å². The molecule has 2 unspecified atom stereocenters. The van der Waals surface area contributed by atoms with E-state index < -0.39 is 10.0 Å². The van der Waals surface area contributed by atoms with Gasteiger partial charge in [0.15, 0.2) is 0 Å². The summed E-state index contributed by atoms with van der Waals surface area (Å²) >= 11 is 0. The molecular formula is C17H18N2O2S. The molecule has 4 nitrogen and oxygen atoms in total. The second-order valence-corrected chi connectivity index (χ2v) is 7.90. The Morgan fingerprint density at radius 1 is 1.09 bits per heavy atom. The van der Waals surface area contributed by atoms with E-state index in [1.54, 1.807) is 24.3 Å². The Bertz CT molecular complexity index is 818. The van der Waals surface area contributed by atoms with Crippen LogP contribution in [0.3, 0.4) is 0 Å². The first-order chi connectivity index (χ1) is 10.6. The molecular weight excluding hydrogens is 296 g/mol. The van der Waals surface area contributed by atoms with Gasteiger partial charge in [0.2, 0.25) is 0 Å². The van der Waals surface area contributed by atoms with Crippen molar-refractivity contribution in [3.63, 3.8) is 0 Å². The molecule has 1 aliphatic heterocycles. The monoisotopic (exact) mass is 314 g/mol. The summed E-state index contributed by atoms with van der Waals surface area (Å²) in [5, 5.41) is 0. The number of hydrogen-bond donors (Lipinski definition) is 1. The van der Waals surface area contributed by atoms with E-state index in [0.717, 1.165) is 24.1 Å². The highest BCUT2D eigenvalue weighted by Gasteiger charge is 2.36. The van der Waals surface area contributed by atoms with Crippen LogP contribution in [0.25, 0.3) is 0 Å². The second kappa shape index (κ2) is 4.83. The van der Waals surface area contributed by atoms with E-state index in [1.807, 2.05) is 18.2 Å². The summed E-state index contributed by atoms with van der Waals surface area (Å²) in [6.07, 6.45) is 1.79. The zero-order valence-electron chi connectivity index (χ0n) is 12.1. The average molecular weight is 314 g/mol. The summed E-state index contributed by atoms with van der Waals surface area (Å²) in [6.45, 7) is 0.507. The van der Waals surface area contributed by atoms with Gasteiger partial charge in [-0.3, -0.25) is 4.31 Å². The maximum Gasteiger partial charge on any atom is 0.264 e. The molecule has 1 aliphatic carbocycles. The Hall–Kier alpha value is -1.85. The van der Waals surface area contributed by atoms with Crippen molar-refractivity contribution in [2.75, 3.05) is 10.8 Å². The van der Waals surface area contributed by atoms with Crippen LogP contribution in [0.15, 0.2) is 53.4 Å². The van der Waals surface area contributed by atoms with Gasteiger partial charge < -0.3 is 5.73 Å². The predicted octanol–water partition coefficient (Wildman–Crippen LogP) is 2.25. The molecule has 0 radical (unpaired) electrons. The van der Waals surface area contributed by atoms with Crippen LogP contribution in [-0.4, -0.2) is 21.0 Å². The first-order valence-corrected chi connectivity index (χ1v) is 8.97. The summed E-state index contributed by atoms with van der Waals surface area (Å²) in [4.78, 5) is 0.344. The van der Waals surface area contributed by atoms with Crippen molar-refractivity contribution in [2.24, 2.45) is 5.73 Å². The third-order valence-corrected chi connectivity index (χ3v) is 6.38. The highest BCUT2D eigenvalue weighted by atomic mass is 32.2. The molecule has 2 aliphatic rings. The third kappa shape index (κ3) is 2.12. The lowest BCUT2D eigenvalue weighted by Gasteiger charge is -2.19. The fourth-order valence-electron chi connectivity index (χ4n) is 3.19. The molecule has 0 amide bonds. The molecule has 2 aromatic carbocycles. The van der Waals surface area contributed by atoms with Gasteiger partial charge in [-0.2, -0.15) is 0 Å². The van der Waals surface area contributed by atoms with Crippen LogP contribution < -0.4 is 10.0 Å². The molecule has 1 fully saturated rings. The lowest BCUT2D eigenvalue weighted by atomic mass is 10.1. The quantitative estimate of drug-likeness (QED) is 0.945. The van der Waals surface area contributed by atoms with E-state index >= 15 is 0 Å². The SMILES string of the molecule is NC1CC1c1ccc2c(c1)CCN2S(=O)(=O)c1ccccc1. The largest absolute Gasteiger partial charge is 0.327 e. The summed E-state index contributed by atoms with van der Waals surface area (Å²) in [7, 11) is -3.47. The molecule has 1 saturated carbocycles. The van der Waals surface area contributed by atoms with Crippen molar-refractivity contribution in [3.8, 4) is 0 Å². The minimum Gasteiger partial charge on any atom is -0.327 e. The molecule has 0 saturated heterocycles. The zero-order valence-corrected chi connectivity index (χ0v) is 13.0. The van der Waals surface area contributed by atoms with Crippen LogP contribution in [-0.2, 0) is 16.4 Å². The van der Waals surface area contributed by atoms with Crippen molar-refractivity contribution in [1.29, 1.82) is 0 Å². The molecule has 2 aromatic rings. The topological polar surface area (TPSA) is 63.4 Å². The van der Waals surface area contributed by atoms with Gasteiger partial charge in [-0.1, -0.05) is 30.3 Å². The van der Waals surface area contributed by atoms with Crippen LogP contribution in [0.5, 0.6) is 0 Å². The predicted molar refractivity (Wildman–Crippen MR) is 86.5 cm³/mol. The molecule has 114 valence electrons. The van der Waals surface area contributed by atoms with Crippen molar-refractivity contribution >= 4 is 15.7 Å². The Balaban J connectivity index is 1.70. The molecule has 5 heteroatoms. The minimum absolute atomic E-state index is 0.267. The highest BCUT2D eigenvalue weighted by molar-refractivity contribution is 7.92. The van der Waals surface area contributed by atoms with E-state index in [1.165, 1.54) is 9.87 Å². The summed E-state index contributed by atoms with van der Waals surface area (Å²) in [6, 6.07) is 15.0. The Kier molecular flexibility index (Phi) is 3.03. The molecule has 2 atom stereocenters. The second-order valence-electron chi connectivity index (χ2n) is 6.03. The molecule has 2 N–H and O–H groups in total. The van der Waals surface area contributed by atoms with Crippen molar-refractivity contribution < 1.29 is 8.42 Å². The lowest BCUT2D eigenvalue weighted by molar-refractivity contribution is 0.592. The summed E-state index contributed by atoms with van der Waals surface area (Å²) in [5.41, 5.74) is 9.07. The fourth-order valence-corrected chi connectivity index (χ4v) is 4.71.